The first-order valence-corrected chi connectivity index (χ1v) is 4.12. The molecule has 0 radical (unpaired) electrons. The molecule has 72 valence electrons. The van der Waals surface area contributed by atoms with E-state index in [1.165, 1.54) is 0 Å². The number of carboxylic acids is 2. The van der Waals surface area contributed by atoms with Crippen LogP contribution >= 0.6 is 0 Å². The Balaban J connectivity index is 0.00000169. The van der Waals surface area contributed by atoms with Crippen molar-refractivity contribution in [2.24, 2.45) is 17.8 Å². The Hall–Kier alpha value is -0.697. The number of carbonyl (C=O) groups is 2. The summed E-state index contributed by atoms with van der Waals surface area (Å²) in [5, 5.41) is 21.2. The van der Waals surface area contributed by atoms with E-state index in [-0.39, 0.29) is 31.8 Å². The van der Waals surface area contributed by atoms with Gasteiger partial charge in [0.2, 0.25) is 0 Å². The summed E-state index contributed by atoms with van der Waals surface area (Å²) in [6, 6.07) is 0. The van der Waals surface area contributed by atoms with Gasteiger partial charge in [0.05, 0.1) is 0 Å². The second-order valence-corrected chi connectivity index (χ2v) is 3.29. The van der Waals surface area contributed by atoms with Gasteiger partial charge in [-0.25, -0.2) is 0 Å². The van der Waals surface area contributed by atoms with E-state index in [0.717, 1.165) is 0 Å². The smallest absolute Gasteiger partial charge is 0.550 e. The SMILES string of the molecule is CC1C=CCC(C(=O)[O-])C1C(=O)[O-].[Zn+2]. The zero-order valence-corrected chi connectivity index (χ0v) is 10.9. The number of hydrogen-bond acceptors (Lipinski definition) is 4. The van der Waals surface area contributed by atoms with E-state index in [0.29, 0.717) is 0 Å². The minimum atomic E-state index is -1.31. The van der Waals surface area contributed by atoms with Crippen LogP contribution in [0.25, 0.3) is 0 Å². The molecule has 5 heteroatoms. The monoisotopic (exact) mass is 246 g/mol. The fourth-order valence-electron chi connectivity index (χ4n) is 1.69. The third-order valence-electron chi connectivity index (χ3n) is 2.40. The van der Waals surface area contributed by atoms with Gasteiger partial charge in [0.25, 0.3) is 0 Å². The van der Waals surface area contributed by atoms with Crippen LogP contribution in [0.5, 0.6) is 0 Å². The predicted molar refractivity (Wildman–Crippen MR) is 39.9 cm³/mol. The molecule has 0 heterocycles. The topological polar surface area (TPSA) is 80.3 Å². The molecule has 0 fully saturated rings. The van der Waals surface area contributed by atoms with Gasteiger partial charge in [-0.15, -0.1) is 0 Å². The van der Waals surface area contributed by atoms with Crippen LogP contribution in [0.1, 0.15) is 13.3 Å². The van der Waals surface area contributed by atoms with Crippen LogP contribution in [0.15, 0.2) is 12.2 Å². The zero-order valence-electron chi connectivity index (χ0n) is 7.93. The zero-order chi connectivity index (χ0) is 10.0. The molecule has 14 heavy (non-hydrogen) atoms. The van der Waals surface area contributed by atoms with Crippen LogP contribution in [0, 0.1) is 17.8 Å². The van der Waals surface area contributed by atoms with Crippen LogP contribution in [0.2, 0.25) is 0 Å². The first kappa shape index (κ1) is 13.3. The van der Waals surface area contributed by atoms with Crippen LogP contribution < -0.4 is 10.2 Å². The number of rotatable bonds is 2. The van der Waals surface area contributed by atoms with Crippen LogP contribution in [-0.4, -0.2) is 11.9 Å². The normalized spacial score (nSPS) is 30.5. The third-order valence-corrected chi connectivity index (χ3v) is 2.40. The molecule has 0 N–H and O–H groups in total. The maximum Gasteiger partial charge on any atom is 2.00 e. The van der Waals surface area contributed by atoms with E-state index >= 15 is 0 Å². The largest absolute Gasteiger partial charge is 2.00 e. The third kappa shape index (κ3) is 2.64. The van der Waals surface area contributed by atoms with E-state index in [4.69, 9.17) is 0 Å². The average Bonchev–Trinajstić information content (AvgIpc) is 2.02. The van der Waals surface area contributed by atoms with Gasteiger partial charge in [0, 0.05) is 23.8 Å². The van der Waals surface area contributed by atoms with Crippen molar-refractivity contribution in [3.8, 4) is 0 Å². The second kappa shape index (κ2) is 5.25. The van der Waals surface area contributed by atoms with Crippen LogP contribution in [0.4, 0.5) is 0 Å². The summed E-state index contributed by atoms with van der Waals surface area (Å²) in [6.45, 7) is 1.66. The van der Waals surface area contributed by atoms with Crippen molar-refractivity contribution in [3.05, 3.63) is 12.2 Å². The Morgan fingerprint density at radius 2 is 1.86 bits per heavy atom. The van der Waals surface area contributed by atoms with Crippen LogP contribution in [0.3, 0.4) is 0 Å². The molecule has 0 aliphatic heterocycles. The Bertz CT molecular complexity index is 262. The number of allylic oxidation sites excluding steroid dienone is 2. The molecule has 0 aromatic rings. The Kier molecular flexibility index (Phi) is 4.99. The van der Waals surface area contributed by atoms with Crippen molar-refractivity contribution in [2.75, 3.05) is 0 Å². The van der Waals surface area contributed by atoms with Gasteiger partial charge >= 0.3 is 19.5 Å². The average molecular weight is 248 g/mol. The van der Waals surface area contributed by atoms with Gasteiger partial charge in [-0.3, -0.25) is 0 Å². The molecule has 0 amide bonds. The summed E-state index contributed by atoms with van der Waals surface area (Å²) < 4.78 is 0. The molecule has 0 aromatic heterocycles. The standard InChI is InChI=1S/C9H12O4.Zn/c1-5-3-2-4-6(8(10)11)7(5)9(12)13;/h2-3,5-7H,4H2,1H3,(H,10,11)(H,12,13);/q;+2/p-2. The van der Waals surface area contributed by atoms with Gasteiger partial charge in [0.1, 0.15) is 0 Å². The molecule has 0 saturated carbocycles. The molecule has 1 rings (SSSR count). The van der Waals surface area contributed by atoms with Crippen molar-refractivity contribution >= 4 is 11.9 Å². The van der Waals surface area contributed by atoms with Gasteiger partial charge in [-0.05, 0) is 12.3 Å². The Morgan fingerprint density at radius 1 is 1.29 bits per heavy atom. The van der Waals surface area contributed by atoms with Gasteiger partial charge < -0.3 is 19.8 Å². The van der Waals surface area contributed by atoms with E-state index < -0.39 is 23.8 Å². The van der Waals surface area contributed by atoms with Crippen molar-refractivity contribution in [1.29, 1.82) is 0 Å². The number of hydrogen-bond donors (Lipinski definition) is 0. The summed E-state index contributed by atoms with van der Waals surface area (Å²) in [6.07, 6.45) is 3.58. The van der Waals surface area contributed by atoms with E-state index in [1.54, 1.807) is 19.1 Å². The summed E-state index contributed by atoms with van der Waals surface area (Å²) in [4.78, 5) is 21.2. The van der Waals surface area contributed by atoms with Gasteiger partial charge in [-0.2, -0.15) is 0 Å². The Morgan fingerprint density at radius 3 is 2.21 bits per heavy atom. The molecule has 0 spiro atoms. The van der Waals surface area contributed by atoms with E-state index in [1.807, 2.05) is 0 Å². The molecular weight excluding hydrogens is 237 g/mol. The molecule has 1 aliphatic rings. The summed E-state index contributed by atoms with van der Waals surface area (Å²) >= 11 is 0. The molecule has 3 unspecified atom stereocenters. The maximum absolute atomic E-state index is 10.6. The number of aliphatic carboxylic acids is 2. The number of carboxylic acid groups (broad SMARTS) is 2. The molecule has 3 atom stereocenters. The van der Waals surface area contributed by atoms with Gasteiger partial charge in [-0.1, -0.05) is 19.1 Å². The molecule has 0 bridgehead atoms. The fraction of sp³-hybridized carbons (Fsp3) is 0.556. The molecular formula is C9H10O4Zn. The summed E-state index contributed by atoms with van der Waals surface area (Å²) in [5.74, 6) is -4.85. The fourth-order valence-corrected chi connectivity index (χ4v) is 1.69. The summed E-state index contributed by atoms with van der Waals surface area (Å²) in [5.41, 5.74) is 0. The first-order chi connectivity index (χ1) is 6.04. The number of carbonyl (C=O) groups excluding carboxylic acids is 2. The molecule has 4 nitrogen and oxygen atoms in total. The van der Waals surface area contributed by atoms with Crippen LogP contribution in [-0.2, 0) is 29.1 Å². The quantitative estimate of drug-likeness (QED) is 0.431. The molecule has 0 aromatic carbocycles. The van der Waals surface area contributed by atoms with Crippen molar-refractivity contribution in [3.63, 3.8) is 0 Å². The Labute approximate surface area is 94.8 Å². The van der Waals surface area contributed by atoms with E-state index in [2.05, 4.69) is 0 Å². The minimum Gasteiger partial charge on any atom is -0.550 e. The van der Waals surface area contributed by atoms with E-state index in [9.17, 15) is 19.8 Å². The second-order valence-electron chi connectivity index (χ2n) is 3.29. The first-order valence-electron chi connectivity index (χ1n) is 4.12. The molecule has 1 aliphatic carbocycles. The van der Waals surface area contributed by atoms with Gasteiger partial charge in [0.15, 0.2) is 0 Å². The maximum atomic E-state index is 10.6. The predicted octanol–water partition coefficient (Wildman–Crippen LogP) is -1.69. The molecule has 0 saturated heterocycles. The van der Waals surface area contributed by atoms with Crippen molar-refractivity contribution in [2.45, 2.75) is 13.3 Å². The van der Waals surface area contributed by atoms with Crippen molar-refractivity contribution in [1.82, 2.24) is 0 Å². The van der Waals surface area contributed by atoms with Crippen molar-refractivity contribution < 1.29 is 39.3 Å². The summed E-state index contributed by atoms with van der Waals surface area (Å²) in [7, 11) is 0. The minimum absolute atomic E-state index is 0.